The first-order valence-electron chi connectivity index (χ1n) is 4.51. The lowest BCUT2D eigenvalue weighted by Crippen LogP contribution is -2.01. The lowest BCUT2D eigenvalue weighted by atomic mass is 10.1. The topological polar surface area (TPSA) is 63.9 Å². The third-order valence-electron chi connectivity index (χ3n) is 2.04. The number of aromatic nitrogens is 2. The van der Waals surface area contributed by atoms with Crippen LogP contribution < -0.4 is 10.5 Å². The third-order valence-corrected chi connectivity index (χ3v) is 2.04. The van der Waals surface area contributed by atoms with Crippen molar-refractivity contribution in [1.29, 1.82) is 0 Å². The molecular formula is C10H9F2N3O. The molecule has 2 rings (SSSR count). The van der Waals surface area contributed by atoms with Crippen LogP contribution in [0.5, 0.6) is 5.75 Å². The number of hydrogen-bond acceptors (Lipinski definition) is 3. The number of halogens is 2. The van der Waals surface area contributed by atoms with E-state index in [2.05, 4.69) is 14.9 Å². The normalized spacial score (nSPS) is 10.7. The molecule has 1 aromatic carbocycles. The van der Waals surface area contributed by atoms with Gasteiger partial charge in [0.05, 0.1) is 17.6 Å². The highest BCUT2D eigenvalue weighted by molar-refractivity contribution is 5.71. The van der Waals surface area contributed by atoms with Crippen molar-refractivity contribution in [3.05, 3.63) is 30.5 Å². The predicted octanol–water partition coefficient (Wildman–Crippen LogP) is 2.26. The fourth-order valence-electron chi connectivity index (χ4n) is 1.33. The summed E-state index contributed by atoms with van der Waals surface area (Å²) < 4.78 is 28.0. The van der Waals surface area contributed by atoms with Crippen LogP contribution in [0.3, 0.4) is 0 Å². The highest BCUT2D eigenvalue weighted by atomic mass is 19.3. The zero-order valence-corrected chi connectivity index (χ0v) is 8.15. The Morgan fingerprint density at radius 3 is 2.44 bits per heavy atom. The van der Waals surface area contributed by atoms with Crippen LogP contribution in [0, 0.1) is 0 Å². The van der Waals surface area contributed by atoms with Crippen LogP contribution >= 0.6 is 0 Å². The van der Waals surface area contributed by atoms with Crippen molar-refractivity contribution < 1.29 is 13.5 Å². The van der Waals surface area contributed by atoms with E-state index in [1.807, 2.05) is 0 Å². The van der Waals surface area contributed by atoms with E-state index in [-0.39, 0.29) is 5.75 Å². The molecule has 0 fully saturated rings. The number of nitrogens with one attached hydrogen (secondary N) is 1. The van der Waals surface area contributed by atoms with E-state index < -0.39 is 6.61 Å². The number of anilines is 1. The van der Waals surface area contributed by atoms with Crippen LogP contribution in [-0.4, -0.2) is 16.8 Å². The summed E-state index contributed by atoms with van der Waals surface area (Å²) >= 11 is 0. The molecule has 0 spiro atoms. The molecule has 4 nitrogen and oxygen atoms in total. The number of H-pyrrole nitrogens is 1. The van der Waals surface area contributed by atoms with Gasteiger partial charge in [-0.15, -0.1) is 0 Å². The molecule has 0 radical (unpaired) electrons. The van der Waals surface area contributed by atoms with Crippen LogP contribution in [0.2, 0.25) is 0 Å². The number of hydrogen-bond donors (Lipinski definition) is 2. The van der Waals surface area contributed by atoms with Crippen molar-refractivity contribution in [1.82, 2.24) is 10.2 Å². The van der Waals surface area contributed by atoms with E-state index in [0.717, 1.165) is 5.56 Å². The number of alkyl halides is 2. The van der Waals surface area contributed by atoms with E-state index >= 15 is 0 Å². The average molecular weight is 225 g/mol. The summed E-state index contributed by atoms with van der Waals surface area (Å²) in [5, 5.41) is 6.49. The van der Waals surface area contributed by atoms with Gasteiger partial charge in [0.25, 0.3) is 0 Å². The quantitative estimate of drug-likeness (QED) is 0.842. The molecule has 0 aliphatic heterocycles. The van der Waals surface area contributed by atoms with Crippen molar-refractivity contribution in [2.24, 2.45) is 0 Å². The maximum Gasteiger partial charge on any atom is 0.387 e. The number of rotatable bonds is 3. The van der Waals surface area contributed by atoms with Gasteiger partial charge in [-0.1, -0.05) is 0 Å². The highest BCUT2D eigenvalue weighted by Crippen LogP contribution is 2.25. The second-order valence-electron chi connectivity index (χ2n) is 3.10. The summed E-state index contributed by atoms with van der Waals surface area (Å²) in [5.41, 5.74) is 7.57. The Hall–Kier alpha value is -2.11. The molecule has 1 heterocycles. The van der Waals surface area contributed by atoms with Crippen molar-refractivity contribution in [3.63, 3.8) is 0 Å². The maximum absolute atomic E-state index is 11.9. The van der Waals surface area contributed by atoms with Crippen molar-refractivity contribution in [2.45, 2.75) is 6.61 Å². The molecule has 84 valence electrons. The smallest absolute Gasteiger partial charge is 0.387 e. The fourth-order valence-corrected chi connectivity index (χ4v) is 1.33. The van der Waals surface area contributed by atoms with Crippen LogP contribution in [0.15, 0.2) is 30.5 Å². The van der Waals surface area contributed by atoms with Crippen molar-refractivity contribution >= 4 is 5.69 Å². The number of benzene rings is 1. The van der Waals surface area contributed by atoms with E-state index in [9.17, 15) is 8.78 Å². The molecule has 0 unspecified atom stereocenters. The molecule has 2 aromatic rings. The molecule has 6 heteroatoms. The lowest BCUT2D eigenvalue weighted by Gasteiger charge is -2.05. The predicted molar refractivity (Wildman–Crippen MR) is 55.1 cm³/mol. The third kappa shape index (κ3) is 2.10. The highest BCUT2D eigenvalue weighted by Gasteiger charge is 2.06. The van der Waals surface area contributed by atoms with Gasteiger partial charge in [-0.05, 0) is 24.3 Å². The average Bonchev–Trinajstić information content (AvgIpc) is 2.65. The SMILES string of the molecule is Nc1cn[nH]c1-c1ccc(OC(F)F)cc1. The van der Waals surface area contributed by atoms with Gasteiger partial charge in [0.15, 0.2) is 0 Å². The zero-order valence-electron chi connectivity index (χ0n) is 8.15. The van der Waals surface area contributed by atoms with Gasteiger partial charge in [-0.25, -0.2) is 0 Å². The first-order chi connectivity index (χ1) is 7.66. The standard InChI is InChI=1S/C10H9F2N3O/c11-10(12)16-7-3-1-6(2-4-7)9-8(13)5-14-15-9/h1-5,10H,13H2,(H,14,15). The zero-order chi connectivity index (χ0) is 11.5. The Bertz CT molecular complexity index is 467. The number of ether oxygens (including phenoxy) is 1. The summed E-state index contributed by atoms with van der Waals surface area (Å²) in [5.74, 6) is 0.108. The Kier molecular flexibility index (Phi) is 2.72. The van der Waals surface area contributed by atoms with E-state index in [4.69, 9.17) is 5.73 Å². The summed E-state index contributed by atoms with van der Waals surface area (Å²) in [7, 11) is 0. The van der Waals surface area contributed by atoms with Gasteiger partial charge in [0, 0.05) is 5.56 Å². The first kappa shape index (κ1) is 10.4. The molecule has 3 N–H and O–H groups in total. The summed E-state index contributed by atoms with van der Waals surface area (Å²) in [6, 6.07) is 6.15. The Morgan fingerprint density at radius 1 is 1.25 bits per heavy atom. The van der Waals surface area contributed by atoms with Crippen LogP contribution in [0.1, 0.15) is 0 Å². The van der Waals surface area contributed by atoms with Gasteiger partial charge >= 0.3 is 6.61 Å². The molecule has 0 amide bonds. The van der Waals surface area contributed by atoms with E-state index in [1.165, 1.54) is 18.3 Å². The number of nitrogens with zero attached hydrogens (tertiary/aromatic N) is 1. The second-order valence-corrected chi connectivity index (χ2v) is 3.10. The van der Waals surface area contributed by atoms with Crippen molar-refractivity contribution in [2.75, 3.05) is 5.73 Å². The van der Waals surface area contributed by atoms with Crippen molar-refractivity contribution in [3.8, 4) is 17.0 Å². The minimum atomic E-state index is -2.82. The lowest BCUT2D eigenvalue weighted by molar-refractivity contribution is -0.0498. The monoisotopic (exact) mass is 225 g/mol. The second kappa shape index (κ2) is 4.18. The minimum absolute atomic E-state index is 0.108. The summed E-state index contributed by atoms with van der Waals surface area (Å²) in [6.45, 7) is -2.82. The van der Waals surface area contributed by atoms with E-state index in [0.29, 0.717) is 11.4 Å². The molecule has 0 aliphatic carbocycles. The van der Waals surface area contributed by atoms with E-state index in [1.54, 1.807) is 12.1 Å². The van der Waals surface area contributed by atoms with Crippen LogP contribution in [-0.2, 0) is 0 Å². The fraction of sp³-hybridized carbons (Fsp3) is 0.100. The molecule has 0 bridgehead atoms. The Morgan fingerprint density at radius 2 is 1.94 bits per heavy atom. The molecule has 0 saturated heterocycles. The maximum atomic E-state index is 11.9. The number of nitrogen functional groups attached to an aromatic ring is 1. The summed E-state index contributed by atoms with van der Waals surface area (Å²) in [6.07, 6.45) is 1.49. The number of nitrogens with two attached hydrogens (primary N) is 1. The molecule has 16 heavy (non-hydrogen) atoms. The minimum Gasteiger partial charge on any atom is -0.435 e. The van der Waals surface area contributed by atoms with Gasteiger partial charge in [0.1, 0.15) is 5.75 Å². The molecule has 0 aliphatic rings. The van der Waals surface area contributed by atoms with Crippen LogP contribution in [0.4, 0.5) is 14.5 Å². The first-order valence-corrected chi connectivity index (χ1v) is 4.51. The van der Waals surface area contributed by atoms with Gasteiger partial charge in [-0.2, -0.15) is 13.9 Å². The Balaban J connectivity index is 2.23. The van der Waals surface area contributed by atoms with Gasteiger partial charge < -0.3 is 10.5 Å². The largest absolute Gasteiger partial charge is 0.435 e. The van der Waals surface area contributed by atoms with Gasteiger partial charge in [-0.3, -0.25) is 5.10 Å². The van der Waals surface area contributed by atoms with Crippen LogP contribution in [0.25, 0.3) is 11.3 Å². The molecule has 0 atom stereocenters. The van der Waals surface area contributed by atoms with Gasteiger partial charge in [0.2, 0.25) is 0 Å². The molecule has 1 aromatic heterocycles. The Labute approximate surface area is 90.0 Å². The molecular weight excluding hydrogens is 216 g/mol. The number of aromatic amines is 1. The summed E-state index contributed by atoms with van der Waals surface area (Å²) in [4.78, 5) is 0. The molecule has 0 saturated carbocycles.